The highest BCUT2D eigenvalue weighted by Crippen LogP contribution is 2.36. The van der Waals surface area contributed by atoms with Crippen LogP contribution in [0.25, 0.3) is 0 Å². The van der Waals surface area contributed by atoms with Gasteiger partial charge in [-0.25, -0.2) is 0 Å². The predicted octanol–water partition coefficient (Wildman–Crippen LogP) is 2.79. The molecule has 0 spiro atoms. The van der Waals surface area contributed by atoms with Gasteiger partial charge in [0.05, 0.1) is 17.8 Å². The van der Waals surface area contributed by atoms with E-state index in [0.29, 0.717) is 0 Å². The lowest BCUT2D eigenvalue weighted by molar-refractivity contribution is -0.169. The first-order chi connectivity index (χ1) is 10.3. The molecule has 132 valence electrons. The largest absolute Gasteiger partial charge is 0.481 e. The van der Waals surface area contributed by atoms with Crippen molar-refractivity contribution in [3.63, 3.8) is 0 Å². The Bertz CT molecular complexity index is 432. The average Bonchev–Trinajstić information content (AvgIpc) is 2.34. The molecule has 0 aliphatic heterocycles. The number of carbonyl (C=O) groups excluding carboxylic acids is 2. The van der Waals surface area contributed by atoms with E-state index in [1.807, 2.05) is 0 Å². The highest BCUT2D eigenvalue weighted by atomic mass is 16.6. The van der Waals surface area contributed by atoms with Gasteiger partial charge in [-0.3, -0.25) is 14.4 Å². The summed E-state index contributed by atoms with van der Waals surface area (Å²) in [5.41, 5.74) is -1.29. The normalized spacial score (nSPS) is 25.6. The Kier molecular flexibility index (Phi) is 5.83. The molecule has 2 atom stereocenters. The van der Waals surface area contributed by atoms with Crippen LogP contribution in [0.15, 0.2) is 0 Å². The van der Waals surface area contributed by atoms with Crippen LogP contribution in [0.2, 0.25) is 0 Å². The second kappa shape index (κ2) is 6.89. The number of aliphatic carboxylic acids is 1. The maximum absolute atomic E-state index is 12.3. The molecule has 0 bridgehead atoms. The summed E-state index contributed by atoms with van der Waals surface area (Å²) >= 11 is 0. The molecule has 1 aliphatic carbocycles. The van der Waals surface area contributed by atoms with Crippen molar-refractivity contribution in [1.82, 2.24) is 0 Å². The molecule has 2 unspecified atom stereocenters. The maximum atomic E-state index is 12.3. The summed E-state index contributed by atoms with van der Waals surface area (Å²) < 4.78 is 10.7. The molecule has 1 aliphatic rings. The van der Waals surface area contributed by atoms with Crippen molar-refractivity contribution in [2.24, 2.45) is 17.8 Å². The molecule has 0 saturated heterocycles. The van der Waals surface area contributed by atoms with Crippen LogP contribution >= 0.6 is 0 Å². The van der Waals surface area contributed by atoms with Gasteiger partial charge in [-0.1, -0.05) is 0 Å². The van der Waals surface area contributed by atoms with Crippen LogP contribution < -0.4 is 0 Å². The Morgan fingerprint density at radius 1 is 0.739 bits per heavy atom. The number of carboxylic acid groups (broad SMARTS) is 1. The van der Waals surface area contributed by atoms with Crippen LogP contribution in [0, 0.1) is 17.8 Å². The Hall–Kier alpha value is -1.59. The Balaban J connectivity index is 2.87. The summed E-state index contributed by atoms with van der Waals surface area (Å²) in [7, 11) is 0. The minimum absolute atomic E-state index is 0.198. The number of hydrogen-bond acceptors (Lipinski definition) is 5. The average molecular weight is 328 g/mol. The fraction of sp³-hybridized carbons (Fsp3) is 0.824. The molecule has 0 aromatic rings. The fourth-order valence-corrected chi connectivity index (χ4v) is 2.68. The third kappa shape index (κ3) is 6.59. The molecule has 1 fully saturated rings. The number of rotatable bonds is 3. The zero-order valence-corrected chi connectivity index (χ0v) is 14.8. The number of ether oxygens (including phenoxy) is 2. The zero-order valence-electron chi connectivity index (χ0n) is 14.8. The number of esters is 2. The van der Waals surface area contributed by atoms with Gasteiger partial charge in [0.1, 0.15) is 11.2 Å². The van der Waals surface area contributed by atoms with E-state index >= 15 is 0 Å². The summed E-state index contributed by atoms with van der Waals surface area (Å²) in [6.45, 7) is 10.5. The van der Waals surface area contributed by atoms with Gasteiger partial charge in [-0.2, -0.15) is 0 Å². The Morgan fingerprint density at radius 3 is 1.30 bits per heavy atom. The van der Waals surface area contributed by atoms with Gasteiger partial charge in [-0.15, -0.1) is 0 Å². The molecule has 0 aromatic carbocycles. The fourth-order valence-electron chi connectivity index (χ4n) is 2.68. The highest BCUT2D eigenvalue weighted by Gasteiger charge is 2.41. The summed E-state index contributed by atoms with van der Waals surface area (Å²) in [4.78, 5) is 35.9. The second-order valence-corrected chi connectivity index (χ2v) is 8.20. The quantitative estimate of drug-likeness (QED) is 0.801. The SMILES string of the molecule is CC(C)(C)OC(=O)C1CC(C(=O)O)CC(C(=O)OC(C)(C)C)C1. The van der Waals surface area contributed by atoms with Crippen LogP contribution in [0.5, 0.6) is 0 Å². The van der Waals surface area contributed by atoms with Crippen LogP contribution in [0.1, 0.15) is 60.8 Å². The minimum Gasteiger partial charge on any atom is -0.481 e. The predicted molar refractivity (Wildman–Crippen MR) is 83.6 cm³/mol. The van der Waals surface area contributed by atoms with E-state index in [1.54, 1.807) is 41.5 Å². The van der Waals surface area contributed by atoms with E-state index in [2.05, 4.69) is 0 Å². The van der Waals surface area contributed by atoms with Gasteiger partial charge in [-0.05, 0) is 60.8 Å². The minimum atomic E-state index is -0.994. The first kappa shape index (κ1) is 19.5. The van der Waals surface area contributed by atoms with Crippen molar-refractivity contribution in [2.75, 3.05) is 0 Å². The molecule has 0 heterocycles. The number of carboxylic acids is 1. The lowest BCUT2D eigenvalue weighted by Crippen LogP contribution is -2.39. The van der Waals surface area contributed by atoms with Gasteiger partial charge in [0.2, 0.25) is 0 Å². The standard InChI is InChI=1S/C17H28O6/c1-16(2,3)22-14(20)11-7-10(13(18)19)8-12(9-11)15(21)23-17(4,5)6/h10-12H,7-9H2,1-6H3,(H,18,19). The van der Waals surface area contributed by atoms with Crippen molar-refractivity contribution >= 4 is 17.9 Å². The first-order valence-electron chi connectivity index (χ1n) is 7.97. The smallest absolute Gasteiger partial charge is 0.309 e. The van der Waals surface area contributed by atoms with Gasteiger partial charge in [0.15, 0.2) is 0 Å². The highest BCUT2D eigenvalue weighted by molar-refractivity contribution is 5.80. The van der Waals surface area contributed by atoms with E-state index in [-0.39, 0.29) is 19.3 Å². The van der Waals surface area contributed by atoms with Crippen molar-refractivity contribution in [2.45, 2.75) is 72.0 Å². The second-order valence-electron chi connectivity index (χ2n) is 8.20. The van der Waals surface area contributed by atoms with E-state index in [1.165, 1.54) is 0 Å². The Labute approximate surface area is 137 Å². The third-order valence-electron chi connectivity index (χ3n) is 3.54. The van der Waals surface area contributed by atoms with E-state index in [9.17, 15) is 19.5 Å². The lowest BCUT2D eigenvalue weighted by Gasteiger charge is -2.33. The summed E-state index contributed by atoms with van der Waals surface area (Å²) in [5, 5.41) is 9.30. The van der Waals surface area contributed by atoms with Crippen LogP contribution in [-0.2, 0) is 23.9 Å². The zero-order chi connectivity index (χ0) is 18.0. The van der Waals surface area contributed by atoms with Gasteiger partial charge in [0.25, 0.3) is 0 Å². The van der Waals surface area contributed by atoms with E-state index < -0.39 is 46.9 Å². The Morgan fingerprint density at radius 2 is 1.04 bits per heavy atom. The summed E-state index contributed by atoms with van der Waals surface area (Å²) in [6.07, 6.45) is 0.667. The van der Waals surface area contributed by atoms with Crippen molar-refractivity contribution < 1.29 is 29.0 Å². The van der Waals surface area contributed by atoms with Crippen LogP contribution in [0.3, 0.4) is 0 Å². The lowest BCUT2D eigenvalue weighted by atomic mass is 9.75. The van der Waals surface area contributed by atoms with E-state index in [0.717, 1.165) is 0 Å². The third-order valence-corrected chi connectivity index (χ3v) is 3.54. The molecule has 0 radical (unpaired) electrons. The van der Waals surface area contributed by atoms with Crippen LogP contribution in [-0.4, -0.2) is 34.2 Å². The summed E-state index contributed by atoms with van der Waals surface area (Å²) in [5.74, 6) is -3.82. The molecule has 1 N–H and O–H groups in total. The monoisotopic (exact) mass is 328 g/mol. The van der Waals surface area contributed by atoms with Gasteiger partial charge >= 0.3 is 17.9 Å². The molecule has 23 heavy (non-hydrogen) atoms. The van der Waals surface area contributed by atoms with Crippen molar-refractivity contribution in [1.29, 1.82) is 0 Å². The molecule has 1 rings (SSSR count). The maximum Gasteiger partial charge on any atom is 0.309 e. The van der Waals surface area contributed by atoms with E-state index in [4.69, 9.17) is 9.47 Å². The molecule has 0 aromatic heterocycles. The van der Waals surface area contributed by atoms with Crippen molar-refractivity contribution in [3.8, 4) is 0 Å². The molecule has 0 amide bonds. The van der Waals surface area contributed by atoms with Crippen LogP contribution in [0.4, 0.5) is 0 Å². The van der Waals surface area contributed by atoms with Gasteiger partial charge < -0.3 is 14.6 Å². The molecule has 6 nitrogen and oxygen atoms in total. The number of hydrogen-bond donors (Lipinski definition) is 1. The van der Waals surface area contributed by atoms with Crippen molar-refractivity contribution in [3.05, 3.63) is 0 Å². The molecule has 1 saturated carbocycles. The van der Waals surface area contributed by atoms with Gasteiger partial charge in [0, 0.05) is 0 Å². The molecular formula is C17H28O6. The molecular weight excluding hydrogens is 300 g/mol. The topological polar surface area (TPSA) is 89.9 Å². The molecule has 6 heteroatoms. The number of carbonyl (C=O) groups is 3. The summed E-state index contributed by atoms with van der Waals surface area (Å²) in [6, 6.07) is 0. The first-order valence-corrected chi connectivity index (χ1v) is 7.97.